The van der Waals surface area contributed by atoms with Gasteiger partial charge in [-0.25, -0.2) is 4.79 Å². The van der Waals surface area contributed by atoms with Gasteiger partial charge in [0.05, 0.1) is 7.11 Å². The minimum absolute atomic E-state index is 0.0332. The van der Waals surface area contributed by atoms with Gasteiger partial charge >= 0.3 is 6.03 Å². The fourth-order valence-corrected chi connectivity index (χ4v) is 3.63. The van der Waals surface area contributed by atoms with Crippen molar-refractivity contribution in [2.45, 2.75) is 32.7 Å². The number of urea groups is 1. The van der Waals surface area contributed by atoms with Crippen molar-refractivity contribution in [1.82, 2.24) is 10.2 Å². The van der Waals surface area contributed by atoms with E-state index in [2.05, 4.69) is 5.32 Å². The number of methoxy groups -OCH3 is 1. The van der Waals surface area contributed by atoms with E-state index in [1.54, 1.807) is 7.11 Å². The fourth-order valence-electron chi connectivity index (χ4n) is 3.63. The SMILES string of the molecule is COc1cccc(N2CC3(CCN(C(=O)NC(C)C)C3)CC2=O)c1. The van der Waals surface area contributed by atoms with Crippen LogP contribution in [0.5, 0.6) is 5.75 Å². The van der Waals surface area contributed by atoms with Crippen LogP contribution < -0.4 is 15.0 Å². The van der Waals surface area contributed by atoms with Gasteiger partial charge in [0.2, 0.25) is 5.91 Å². The second-order valence-corrected chi connectivity index (χ2v) is 7.13. The zero-order valence-electron chi connectivity index (χ0n) is 14.5. The van der Waals surface area contributed by atoms with Crippen LogP contribution in [0.15, 0.2) is 24.3 Å². The first-order chi connectivity index (χ1) is 11.4. The third kappa shape index (κ3) is 3.18. The van der Waals surface area contributed by atoms with Crippen molar-refractivity contribution < 1.29 is 14.3 Å². The summed E-state index contributed by atoms with van der Waals surface area (Å²) in [4.78, 5) is 28.4. The van der Waals surface area contributed by atoms with E-state index in [1.807, 2.05) is 47.9 Å². The second-order valence-electron chi connectivity index (χ2n) is 7.13. The quantitative estimate of drug-likeness (QED) is 0.924. The van der Waals surface area contributed by atoms with E-state index >= 15 is 0 Å². The molecule has 0 saturated carbocycles. The predicted molar refractivity (Wildman–Crippen MR) is 92.3 cm³/mol. The molecule has 1 aromatic rings. The van der Waals surface area contributed by atoms with E-state index in [0.29, 0.717) is 26.1 Å². The van der Waals surface area contributed by atoms with Crippen molar-refractivity contribution >= 4 is 17.6 Å². The van der Waals surface area contributed by atoms with E-state index in [1.165, 1.54) is 0 Å². The van der Waals surface area contributed by atoms with Crippen LogP contribution >= 0.6 is 0 Å². The molecule has 1 unspecified atom stereocenters. The normalized spacial score (nSPS) is 23.4. The number of nitrogens with one attached hydrogen (secondary N) is 1. The summed E-state index contributed by atoms with van der Waals surface area (Å²) in [5, 5.41) is 2.93. The number of hydrogen-bond acceptors (Lipinski definition) is 3. The number of carbonyl (C=O) groups excluding carboxylic acids is 2. The third-order valence-corrected chi connectivity index (χ3v) is 4.82. The summed E-state index contributed by atoms with van der Waals surface area (Å²) in [6, 6.07) is 7.66. The lowest BCUT2D eigenvalue weighted by molar-refractivity contribution is -0.117. The molecular formula is C18H25N3O3. The highest BCUT2D eigenvalue weighted by molar-refractivity contribution is 5.96. The number of benzene rings is 1. The minimum atomic E-state index is -0.130. The van der Waals surface area contributed by atoms with Crippen LogP contribution in [0.3, 0.4) is 0 Å². The molecule has 3 amide bonds. The van der Waals surface area contributed by atoms with Gasteiger partial charge in [-0.05, 0) is 32.4 Å². The van der Waals surface area contributed by atoms with Gasteiger partial charge in [0.1, 0.15) is 5.75 Å². The Hall–Kier alpha value is -2.24. The van der Waals surface area contributed by atoms with Crippen LogP contribution in [0, 0.1) is 5.41 Å². The molecule has 2 fully saturated rings. The number of nitrogens with zero attached hydrogens (tertiary/aromatic N) is 2. The summed E-state index contributed by atoms with van der Waals surface area (Å²) < 4.78 is 5.25. The number of amides is 3. The first kappa shape index (κ1) is 16.6. The Morgan fingerprint density at radius 1 is 1.33 bits per heavy atom. The molecule has 1 spiro atoms. The van der Waals surface area contributed by atoms with Crippen molar-refractivity contribution in [3.8, 4) is 5.75 Å². The maximum atomic E-state index is 12.6. The van der Waals surface area contributed by atoms with Gasteiger partial charge in [-0.15, -0.1) is 0 Å². The molecule has 0 aromatic heterocycles. The van der Waals surface area contributed by atoms with Crippen molar-refractivity contribution in [3.05, 3.63) is 24.3 Å². The first-order valence-corrected chi connectivity index (χ1v) is 8.42. The van der Waals surface area contributed by atoms with Crippen LogP contribution in [0.1, 0.15) is 26.7 Å². The highest BCUT2D eigenvalue weighted by atomic mass is 16.5. The number of ether oxygens (including phenoxy) is 1. The molecule has 130 valence electrons. The van der Waals surface area contributed by atoms with Crippen molar-refractivity contribution in [2.75, 3.05) is 31.6 Å². The highest BCUT2D eigenvalue weighted by Crippen LogP contribution is 2.42. The number of hydrogen-bond donors (Lipinski definition) is 1. The largest absolute Gasteiger partial charge is 0.497 e. The summed E-state index contributed by atoms with van der Waals surface area (Å²) in [5.41, 5.74) is 0.732. The van der Waals surface area contributed by atoms with E-state index in [0.717, 1.165) is 17.9 Å². The predicted octanol–water partition coefficient (Wildman–Crippen LogP) is 2.24. The van der Waals surface area contributed by atoms with Gasteiger partial charge in [0.15, 0.2) is 0 Å². The second kappa shape index (κ2) is 6.34. The van der Waals surface area contributed by atoms with E-state index in [9.17, 15) is 9.59 Å². The fraction of sp³-hybridized carbons (Fsp3) is 0.556. The van der Waals surface area contributed by atoms with Crippen molar-refractivity contribution in [1.29, 1.82) is 0 Å². The minimum Gasteiger partial charge on any atom is -0.497 e. The zero-order valence-corrected chi connectivity index (χ0v) is 14.5. The molecule has 1 atom stereocenters. The van der Waals surface area contributed by atoms with Gasteiger partial charge in [0.25, 0.3) is 0 Å². The van der Waals surface area contributed by atoms with E-state index < -0.39 is 0 Å². The maximum absolute atomic E-state index is 12.6. The Bertz CT molecular complexity index is 646. The standard InChI is InChI=1S/C18H25N3O3/c1-13(2)19-17(23)20-8-7-18(11-20)10-16(22)21(12-18)14-5-4-6-15(9-14)24-3/h4-6,9,13H,7-8,10-12H2,1-3H3,(H,19,23). The lowest BCUT2D eigenvalue weighted by Crippen LogP contribution is -2.43. The first-order valence-electron chi connectivity index (χ1n) is 8.42. The Kier molecular flexibility index (Phi) is 4.39. The Morgan fingerprint density at radius 3 is 2.83 bits per heavy atom. The molecule has 0 aliphatic carbocycles. The average Bonchev–Trinajstić information content (AvgIpc) is 3.10. The molecule has 2 heterocycles. The molecular weight excluding hydrogens is 306 g/mol. The van der Waals surface area contributed by atoms with Crippen LogP contribution in [0.25, 0.3) is 0 Å². The lowest BCUT2D eigenvalue weighted by Gasteiger charge is -2.25. The van der Waals surface area contributed by atoms with Crippen LogP contribution in [0.2, 0.25) is 0 Å². The molecule has 6 nitrogen and oxygen atoms in total. The van der Waals surface area contributed by atoms with Crippen molar-refractivity contribution in [3.63, 3.8) is 0 Å². The molecule has 1 N–H and O–H groups in total. The molecule has 0 bridgehead atoms. The van der Waals surface area contributed by atoms with Gasteiger partial charge in [-0.1, -0.05) is 6.07 Å². The summed E-state index contributed by atoms with van der Waals surface area (Å²) in [6.45, 7) is 5.90. The summed E-state index contributed by atoms with van der Waals surface area (Å²) >= 11 is 0. The molecule has 2 saturated heterocycles. The smallest absolute Gasteiger partial charge is 0.317 e. The number of carbonyl (C=O) groups is 2. The van der Waals surface area contributed by atoms with Crippen LogP contribution in [0.4, 0.5) is 10.5 Å². The average molecular weight is 331 g/mol. The third-order valence-electron chi connectivity index (χ3n) is 4.82. The molecule has 2 aliphatic heterocycles. The summed E-state index contributed by atoms with van der Waals surface area (Å²) in [7, 11) is 1.62. The van der Waals surface area contributed by atoms with Crippen LogP contribution in [-0.2, 0) is 4.79 Å². The van der Waals surface area contributed by atoms with Crippen LogP contribution in [-0.4, -0.2) is 49.6 Å². The number of anilines is 1. The number of likely N-dealkylation sites (tertiary alicyclic amines) is 1. The maximum Gasteiger partial charge on any atom is 0.317 e. The van der Waals surface area contributed by atoms with Gasteiger partial charge < -0.3 is 19.9 Å². The molecule has 3 rings (SSSR count). The molecule has 24 heavy (non-hydrogen) atoms. The summed E-state index contributed by atoms with van der Waals surface area (Å²) in [5.74, 6) is 0.861. The monoisotopic (exact) mass is 331 g/mol. The lowest BCUT2D eigenvalue weighted by atomic mass is 9.86. The van der Waals surface area contributed by atoms with Gasteiger partial charge in [0, 0.05) is 49.3 Å². The van der Waals surface area contributed by atoms with Gasteiger partial charge in [-0.2, -0.15) is 0 Å². The Labute approximate surface area is 142 Å². The Balaban J connectivity index is 1.71. The van der Waals surface area contributed by atoms with Crippen molar-refractivity contribution in [2.24, 2.45) is 5.41 Å². The molecule has 1 aromatic carbocycles. The Morgan fingerprint density at radius 2 is 2.12 bits per heavy atom. The molecule has 6 heteroatoms. The molecule has 0 radical (unpaired) electrons. The number of rotatable bonds is 3. The van der Waals surface area contributed by atoms with E-state index in [4.69, 9.17) is 4.74 Å². The zero-order chi connectivity index (χ0) is 17.3. The summed E-state index contributed by atoms with van der Waals surface area (Å²) in [6.07, 6.45) is 1.36. The van der Waals surface area contributed by atoms with E-state index in [-0.39, 0.29) is 23.4 Å². The highest BCUT2D eigenvalue weighted by Gasteiger charge is 2.48. The van der Waals surface area contributed by atoms with Gasteiger partial charge in [-0.3, -0.25) is 4.79 Å². The molecule has 2 aliphatic rings. The topological polar surface area (TPSA) is 61.9 Å².